The van der Waals surface area contributed by atoms with Crippen LogP contribution >= 0.6 is 15.9 Å². The van der Waals surface area contributed by atoms with Gasteiger partial charge in [-0.3, -0.25) is 4.79 Å². The maximum absolute atomic E-state index is 12.3. The molecule has 0 bridgehead atoms. The van der Waals surface area contributed by atoms with Crippen molar-refractivity contribution < 1.29 is 18.7 Å². The summed E-state index contributed by atoms with van der Waals surface area (Å²) in [4.78, 5) is 12.3. The normalized spacial score (nSPS) is 11.1. The standard InChI is InChI=1S/C25H21BrN2O4/c1-16-3-5-17(6-4-16)15-31-22-9-7-18(11-23(22)30-2)14-27-28-25(29)24-13-19-12-20(26)8-10-21(19)32-24/h3-14H,15H2,1-2H3,(H,28,29)/b27-14+. The van der Waals surface area contributed by atoms with Crippen molar-refractivity contribution in [2.45, 2.75) is 13.5 Å². The highest BCUT2D eigenvalue weighted by Gasteiger charge is 2.12. The lowest BCUT2D eigenvalue weighted by atomic mass is 10.2. The Labute approximate surface area is 194 Å². The number of aryl methyl sites for hydroxylation is 1. The van der Waals surface area contributed by atoms with Crippen LogP contribution in [0.3, 0.4) is 0 Å². The Hall–Kier alpha value is -3.58. The number of methoxy groups -OCH3 is 1. The van der Waals surface area contributed by atoms with E-state index in [-0.39, 0.29) is 5.76 Å². The average Bonchev–Trinajstić information content (AvgIpc) is 3.22. The molecule has 1 heterocycles. The zero-order chi connectivity index (χ0) is 22.5. The third-order valence-corrected chi connectivity index (χ3v) is 5.28. The largest absolute Gasteiger partial charge is 0.493 e. The molecule has 0 aliphatic heterocycles. The van der Waals surface area contributed by atoms with Crippen molar-refractivity contribution in [2.24, 2.45) is 5.10 Å². The van der Waals surface area contributed by atoms with E-state index in [0.29, 0.717) is 23.7 Å². The summed E-state index contributed by atoms with van der Waals surface area (Å²) < 4.78 is 17.8. The van der Waals surface area contributed by atoms with Crippen LogP contribution in [-0.2, 0) is 6.61 Å². The Morgan fingerprint density at radius 1 is 1.06 bits per heavy atom. The molecule has 3 aromatic carbocycles. The molecule has 1 amide bonds. The van der Waals surface area contributed by atoms with Crippen LogP contribution in [0.2, 0.25) is 0 Å². The number of nitrogens with one attached hydrogen (secondary N) is 1. The quantitative estimate of drug-likeness (QED) is 0.259. The van der Waals surface area contributed by atoms with Crippen LogP contribution in [0.4, 0.5) is 0 Å². The van der Waals surface area contributed by atoms with Gasteiger partial charge >= 0.3 is 5.91 Å². The van der Waals surface area contributed by atoms with Crippen LogP contribution in [0.25, 0.3) is 11.0 Å². The van der Waals surface area contributed by atoms with Crippen LogP contribution in [0, 0.1) is 6.92 Å². The number of ether oxygens (including phenoxy) is 2. The molecule has 6 nitrogen and oxygen atoms in total. The van der Waals surface area contributed by atoms with E-state index in [1.807, 2.05) is 55.5 Å². The molecule has 0 aliphatic carbocycles. The van der Waals surface area contributed by atoms with Gasteiger partial charge in [-0.15, -0.1) is 0 Å². The molecule has 1 N–H and O–H groups in total. The lowest BCUT2D eigenvalue weighted by Crippen LogP contribution is -2.16. The van der Waals surface area contributed by atoms with E-state index >= 15 is 0 Å². The van der Waals surface area contributed by atoms with Crippen molar-refractivity contribution in [1.82, 2.24) is 5.43 Å². The Morgan fingerprint density at radius 3 is 2.66 bits per heavy atom. The second kappa shape index (κ2) is 9.70. The minimum atomic E-state index is -0.432. The van der Waals surface area contributed by atoms with E-state index in [2.05, 4.69) is 26.5 Å². The third-order valence-electron chi connectivity index (χ3n) is 4.78. The van der Waals surface area contributed by atoms with Crippen molar-refractivity contribution in [3.05, 3.63) is 93.7 Å². The van der Waals surface area contributed by atoms with Gasteiger partial charge in [-0.05, 0) is 60.5 Å². The number of rotatable bonds is 7. The number of hydrogen-bond donors (Lipinski definition) is 1. The van der Waals surface area contributed by atoms with E-state index in [9.17, 15) is 4.79 Å². The molecule has 162 valence electrons. The summed E-state index contributed by atoms with van der Waals surface area (Å²) in [5.41, 5.74) is 6.14. The van der Waals surface area contributed by atoms with Gasteiger partial charge in [0.2, 0.25) is 0 Å². The maximum Gasteiger partial charge on any atom is 0.307 e. The van der Waals surface area contributed by atoms with E-state index in [1.54, 1.807) is 25.3 Å². The third kappa shape index (κ3) is 5.18. The molecule has 0 atom stereocenters. The second-order valence-corrected chi connectivity index (χ2v) is 8.09. The van der Waals surface area contributed by atoms with E-state index < -0.39 is 5.91 Å². The number of halogens is 1. The summed E-state index contributed by atoms with van der Waals surface area (Å²) in [6.45, 7) is 2.49. The fourth-order valence-electron chi connectivity index (χ4n) is 3.08. The van der Waals surface area contributed by atoms with Crippen molar-refractivity contribution in [2.75, 3.05) is 7.11 Å². The molecule has 0 spiro atoms. The predicted molar refractivity (Wildman–Crippen MR) is 127 cm³/mol. The smallest absolute Gasteiger partial charge is 0.307 e. The van der Waals surface area contributed by atoms with Gasteiger partial charge in [-0.2, -0.15) is 5.10 Å². The van der Waals surface area contributed by atoms with Crippen molar-refractivity contribution in [3.63, 3.8) is 0 Å². The molecule has 0 radical (unpaired) electrons. The molecule has 0 saturated heterocycles. The molecule has 4 rings (SSSR count). The highest BCUT2D eigenvalue weighted by atomic mass is 79.9. The Kier molecular flexibility index (Phi) is 6.56. The molecule has 0 fully saturated rings. The Morgan fingerprint density at radius 2 is 1.88 bits per heavy atom. The molecule has 0 saturated carbocycles. The summed E-state index contributed by atoms with van der Waals surface area (Å²) in [7, 11) is 1.58. The van der Waals surface area contributed by atoms with Crippen LogP contribution in [0.15, 0.2) is 80.7 Å². The number of hydrogen-bond acceptors (Lipinski definition) is 5. The van der Waals surface area contributed by atoms with E-state index in [4.69, 9.17) is 13.9 Å². The van der Waals surface area contributed by atoms with Gasteiger partial charge in [0, 0.05) is 9.86 Å². The van der Waals surface area contributed by atoms with Gasteiger partial charge in [-0.25, -0.2) is 5.43 Å². The number of carbonyl (C=O) groups is 1. The first-order valence-corrected chi connectivity index (χ1v) is 10.7. The van der Waals surface area contributed by atoms with E-state index in [1.165, 1.54) is 11.8 Å². The van der Waals surface area contributed by atoms with Gasteiger partial charge in [0.05, 0.1) is 13.3 Å². The van der Waals surface area contributed by atoms with Crippen LogP contribution in [0.1, 0.15) is 27.2 Å². The summed E-state index contributed by atoms with van der Waals surface area (Å²) in [5, 5.41) is 4.86. The Balaban J connectivity index is 1.39. The first kappa shape index (κ1) is 21.6. The molecule has 0 unspecified atom stereocenters. The number of hydrazone groups is 1. The first-order chi connectivity index (χ1) is 15.5. The number of nitrogens with zero attached hydrogens (tertiary/aromatic N) is 1. The average molecular weight is 493 g/mol. The van der Waals surface area contributed by atoms with Gasteiger partial charge < -0.3 is 13.9 Å². The molecular formula is C25H21BrN2O4. The van der Waals surface area contributed by atoms with Crippen LogP contribution < -0.4 is 14.9 Å². The topological polar surface area (TPSA) is 73.1 Å². The molecule has 7 heteroatoms. The highest BCUT2D eigenvalue weighted by molar-refractivity contribution is 9.10. The first-order valence-electron chi connectivity index (χ1n) is 9.91. The lowest BCUT2D eigenvalue weighted by molar-refractivity contribution is 0.0929. The fourth-order valence-corrected chi connectivity index (χ4v) is 3.45. The molecule has 4 aromatic rings. The zero-order valence-corrected chi connectivity index (χ0v) is 19.2. The summed E-state index contributed by atoms with van der Waals surface area (Å²) >= 11 is 3.40. The second-order valence-electron chi connectivity index (χ2n) is 7.18. The van der Waals surface area contributed by atoms with Crippen molar-refractivity contribution in [3.8, 4) is 11.5 Å². The van der Waals surface area contributed by atoms with Gasteiger partial charge in [0.25, 0.3) is 0 Å². The van der Waals surface area contributed by atoms with Gasteiger partial charge in [-0.1, -0.05) is 45.8 Å². The summed E-state index contributed by atoms with van der Waals surface area (Å²) in [5.74, 6) is 0.962. The Bertz CT molecular complexity index is 1280. The minimum Gasteiger partial charge on any atom is -0.493 e. The molecular weight excluding hydrogens is 472 g/mol. The highest BCUT2D eigenvalue weighted by Crippen LogP contribution is 2.28. The monoisotopic (exact) mass is 492 g/mol. The fraction of sp³-hybridized carbons (Fsp3) is 0.120. The number of carbonyl (C=O) groups excluding carboxylic acids is 1. The number of furan rings is 1. The van der Waals surface area contributed by atoms with Crippen molar-refractivity contribution in [1.29, 1.82) is 0 Å². The van der Waals surface area contributed by atoms with E-state index in [0.717, 1.165) is 21.0 Å². The summed E-state index contributed by atoms with van der Waals surface area (Å²) in [6.07, 6.45) is 1.53. The van der Waals surface area contributed by atoms with Gasteiger partial charge in [0.15, 0.2) is 17.3 Å². The van der Waals surface area contributed by atoms with Crippen LogP contribution in [0.5, 0.6) is 11.5 Å². The number of amides is 1. The predicted octanol–water partition coefficient (Wildman–Crippen LogP) is 5.86. The van der Waals surface area contributed by atoms with Crippen LogP contribution in [-0.4, -0.2) is 19.2 Å². The molecule has 32 heavy (non-hydrogen) atoms. The number of fused-ring (bicyclic) bond motifs is 1. The van der Waals surface area contributed by atoms with Crippen molar-refractivity contribution >= 4 is 39.0 Å². The van der Waals surface area contributed by atoms with Gasteiger partial charge in [0.1, 0.15) is 12.2 Å². The SMILES string of the molecule is COc1cc(/C=N/NC(=O)c2cc3cc(Br)ccc3o2)ccc1OCc1ccc(C)cc1. The maximum atomic E-state index is 12.3. The lowest BCUT2D eigenvalue weighted by Gasteiger charge is -2.11. The number of benzene rings is 3. The molecule has 1 aromatic heterocycles. The zero-order valence-electron chi connectivity index (χ0n) is 17.6. The minimum absolute atomic E-state index is 0.188. The molecule has 0 aliphatic rings. The summed E-state index contributed by atoms with van der Waals surface area (Å²) in [6, 6.07) is 20.8.